The number of hydrogen-bond donors (Lipinski definition) is 1. The molecule has 1 aliphatic heterocycles. The van der Waals surface area contributed by atoms with Crippen molar-refractivity contribution in [1.29, 1.82) is 0 Å². The Morgan fingerprint density at radius 1 is 1.47 bits per heavy atom. The van der Waals surface area contributed by atoms with Crippen molar-refractivity contribution >= 4 is 11.8 Å². The van der Waals surface area contributed by atoms with Crippen molar-refractivity contribution in [1.82, 2.24) is 15.5 Å². The lowest BCUT2D eigenvalue weighted by molar-refractivity contribution is 0.0854. The van der Waals surface area contributed by atoms with E-state index < -0.39 is 0 Å². The second-order valence-corrected chi connectivity index (χ2v) is 5.89. The monoisotopic (exact) mass is 285 g/mol. The summed E-state index contributed by atoms with van der Waals surface area (Å²) in [6.07, 6.45) is 1.92. The highest BCUT2D eigenvalue weighted by Gasteiger charge is 2.33. The summed E-state index contributed by atoms with van der Waals surface area (Å²) in [7, 11) is 1.70. The second kappa shape index (κ2) is 7.26. The van der Waals surface area contributed by atoms with Gasteiger partial charge in [0.1, 0.15) is 6.10 Å². The lowest BCUT2D eigenvalue weighted by Gasteiger charge is -2.15. The summed E-state index contributed by atoms with van der Waals surface area (Å²) in [6.45, 7) is 5.22. The average molecular weight is 285 g/mol. The van der Waals surface area contributed by atoms with Gasteiger partial charge >= 0.3 is 0 Å². The number of likely N-dealkylation sites (N-methyl/N-ethyl adjacent to an activating group) is 1. The second-order valence-electron chi connectivity index (χ2n) is 4.81. The molecule has 0 radical (unpaired) electrons. The standard InChI is InChI=1S/C13H23N3O2S/c1-4-6-11(17-3)12-15-13(18-16-12)9-7-19-8-10(9)14-5-2/h9-11,14H,4-8H2,1-3H3. The van der Waals surface area contributed by atoms with Crippen LogP contribution in [0.2, 0.25) is 0 Å². The van der Waals surface area contributed by atoms with E-state index in [-0.39, 0.29) is 6.10 Å². The molecule has 1 fully saturated rings. The first-order chi connectivity index (χ1) is 9.30. The fourth-order valence-corrected chi connectivity index (χ4v) is 3.77. The SMILES string of the molecule is CCCC(OC)c1noc(C2CSCC2NCC)n1. The number of aromatic nitrogens is 2. The van der Waals surface area contributed by atoms with E-state index in [2.05, 4.69) is 29.3 Å². The predicted molar refractivity (Wildman–Crippen MR) is 76.5 cm³/mol. The smallest absolute Gasteiger partial charge is 0.232 e. The van der Waals surface area contributed by atoms with Gasteiger partial charge in [-0.05, 0) is 13.0 Å². The quantitative estimate of drug-likeness (QED) is 0.830. The van der Waals surface area contributed by atoms with E-state index in [1.165, 1.54) is 0 Å². The molecule has 0 aromatic carbocycles. The first kappa shape index (κ1) is 14.8. The van der Waals surface area contributed by atoms with Gasteiger partial charge in [-0.15, -0.1) is 0 Å². The van der Waals surface area contributed by atoms with Gasteiger partial charge in [-0.2, -0.15) is 16.7 Å². The van der Waals surface area contributed by atoms with Gasteiger partial charge in [-0.1, -0.05) is 25.4 Å². The van der Waals surface area contributed by atoms with E-state index in [1.54, 1.807) is 7.11 Å². The summed E-state index contributed by atoms with van der Waals surface area (Å²) in [5.41, 5.74) is 0. The fourth-order valence-electron chi connectivity index (χ4n) is 2.40. The van der Waals surface area contributed by atoms with Crippen LogP contribution in [0.3, 0.4) is 0 Å². The molecule has 1 aliphatic rings. The van der Waals surface area contributed by atoms with E-state index in [4.69, 9.17) is 9.26 Å². The van der Waals surface area contributed by atoms with Crippen LogP contribution < -0.4 is 5.32 Å². The number of hydrogen-bond acceptors (Lipinski definition) is 6. The van der Waals surface area contributed by atoms with Gasteiger partial charge in [0.15, 0.2) is 0 Å². The van der Waals surface area contributed by atoms with Gasteiger partial charge in [-0.3, -0.25) is 0 Å². The number of ether oxygens (including phenoxy) is 1. The van der Waals surface area contributed by atoms with Crippen LogP contribution in [0.1, 0.15) is 50.4 Å². The van der Waals surface area contributed by atoms with Crippen molar-refractivity contribution < 1.29 is 9.26 Å². The fraction of sp³-hybridized carbons (Fsp3) is 0.846. The molecule has 2 heterocycles. The minimum Gasteiger partial charge on any atom is -0.373 e. The lowest BCUT2D eigenvalue weighted by Crippen LogP contribution is -2.34. The molecular formula is C13H23N3O2S. The van der Waals surface area contributed by atoms with Crippen LogP contribution in [0.15, 0.2) is 4.52 Å². The van der Waals surface area contributed by atoms with Gasteiger partial charge < -0.3 is 14.6 Å². The van der Waals surface area contributed by atoms with Crippen molar-refractivity contribution in [2.75, 3.05) is 25.2 Å². The summed E-state index contributed by atoms with van der Waals surface area (Å²) in [4.78, 5) is 4.56. The Morgan fingerprint density at radius 2 is 2.32 bits per heavy atom. The average Bonchev–Trinajstić information content (AvgIpc) is 3.04. The molecular weight excluding hydrogens is 262 g/mol. The zero-order valence-corrected chi connectivity index (χ0v) is 12.7. The van der Waals surface area contributed by atoms with Gasteiger partial charge in [0.25, 0.3) is 0 Å². The molecule has 0 spiro atoms. The molecule has 1 aromatic rings. The molecule has 0 bridgehead atoms. The van der Waals surface area contributed by atoms with Crippen molar-refractivity contribution in [3.63, 3.8) is 0 Å². The van der Waals surface area contributed by atoms with Crippen LogP contribution in [0.4, 0.5) is 0 Å². The third kappa shape index (κ3) is 3.49. The maximum atomic E-state index is 5.46. The summed E-state index contributed by atoms with van der Waals surface area (Å²) < 4.78 is 10.9. The number of nitrogens with one attached hydrogen (secondary N) is 1. The Bertz CT molecular complexity index is 386. The number of methoxy groups -OCH3 is 1. The summed E-state index contributed by atoms with van der Waals surface area (Å²) >= 11 is 1.94. The van der Waals surface area contributed by atoms with E-state index in [9.17, 15) is 0 Å². The zero-order valence-electron chi connectivity index (χ0n) is 11.9. The molecule has 0 amide bonds. The number of nitrogens with zero attached hydrogens (tertiary/aromatic N) is 2. The molecule has 3 atom stereocenters. The zero-order chi connectivity index (χ0) is 13.7. The van der Waals surface area contributed by atoms with Crippen LogP contribution in [0.5, 0.6) is 0 Å². The summed E-state index contributed by atoms with van der Waals surface area (Å²) in [5.74, 6) is 3.92. The molecule has 1 saturated heterocycles. The van der Waals surface area contributed by atoms with Crippen molar-refractivity contribution in [2.24, 2.45) is 0 Å². The normalized spacial score (nSPS) is 24.8. The Balaban J connectivity index is 2.07. The molecule has 0 aliphatic carbocycles. The minimum absolute atomic E-state index is 0.0471. The molecule has 108 valence electrons. The predicted octanol–water partition coefficient (Wildman–Crippen LogP) is 2.37. The molecule has 1 N–H and O–H groups in total. The minimum atomic E-state index is -0.0471. The van der Waals surface area contributed by atoms with Crippen LogP contribution in [0, 0.1) is 0 Å². The molecule has 19 heavy (non-hydrogen) atoms. The van der Waals surface area contributed by atoms with Gasteiger partial charge in [0.2, 0.25) is 11.7 Å². The van der Waals surface area contributed by atoms with Crippen LogP contribution in [-0.2, 0) is 4.74 Å². The van der Waals surface area contributed by atoms with Crippen molar-refractivity contribution in [3.8, 4) is 0 Å². The maximum Gasteiger partial charge on any atom is 0.232 e. The van der Waals surface area contributed by atoms with E-state index in [1.807, 2.05) is 11.8 Å². The number of rotatable bonds is 7. The van der Waals surface area contributed by atoms with E-state index >= 15 is 0 Å². The Hall–Kier alpha value is -0.590. The van der Waals surface area contributed by atoms with E-state index in [0.717, 1.165) is 36.8 Å². The molecule has 2 rings (SSSR count). The highest BCUT2D eigenvalue weighted by atomic mass is 32.2. The highest BCUT2D eigenvalue weighted by Crippen LogP contribution is 2.32. The molecule has 1 aromatic heterocycles. The van der Waals surface area contributed by atoms with E-state index in [0.29, 0.717) is 17.8 Å². The number of thioether (sulfide) groups is 1. The third-order valence-corrected chi connectivity index (χ3v) is 4.63. The molecule has 5 nitrogen and oxygen atoms in total. The van der Waals surface area contributed by atoms with Gasteiger partial charge in [0.05, 0.1) is 5.92 Å². The van der Waals surface area contributed by atoms with Crippen LogP contribution in [-0.4, -0.2) is 41.3 Å². The van der Waals surface area contributed by atoms with Crippen molar-refractivity contribution in [3.05, 3.63) is 11.7 Å². The van der Waals surface area contributed by atoms with Crippen LogP contribution in [0.25, 0.3) is 0 Å². The van der Waals surface area contributed by atoms with Crippen molar-refractivity contribution in [2.45, 2.75) is 44.8 Å². The first-order valence-electron chi connectivity index (χ1n) is 6.97. The largest absolute Gasteiger partial charge is 0.373 e. The molecule has 6 heteroatoms. The van der Waals surface area contributed by atoms with Gasteiger partial charge in [-0.25, -0.2) is 0 Å². The summed E-state index contributed by atoms with van der Waals surface area (Å²) in [6, 6.07) is 0.440. The Kier molecular flexibility index (Phi) is 5.66. The highest BCUT2D eigenvalue weighted by molar-refractivity contribution is 7.99. The topological polar surface area (TPSA) is 60.2 Å². The molecule has 3 unspecified atom stereocenters. The summed E-state index contributed by atoms with van der Waals surface area (Å²) in [5, 5.41) is 7.59. The Labute approximate surface area is 118 Å². The first-order valence-corrected chi connectivity index (χ1v) is 8.13. The Morgan fingerprint density at radius 3 is 3.00 bits per heavy atom. The molecule has 0 saturated carbocycles. The lowest BCUT2D eigenvalue weighted by atomic mass is 10.0. The van der Waals surface area contributed by atoms with Crippen LogP contribution >= 0.6 is 11.8 Å². The third-order valence-electron chi connectivity index (χ3n) is 3.44. The van der Waals surface area contributed by atoms with Gasteiger partial charge in [0, 0.05) is 24.7 Å². The maximum absolute atomic E-state index is 5.46.